The summed E-state index contributed by atoms with van der Waals surface area (Å²) in [5.41, 5.74) is -9.50. The van der Waals surface area contributed by atoms with Crippen LogP contribution in [0.1, 0.15) is 31.1 Å². The Hall–Kier alpha value is 6.66. The van der Waals surface area contributed by atoms with Crippen LogP contribution in [0.5, 0.6) is 0 Å². The van der Waals surface area contributed by atoms with Crippen molar-refractivity contribution < 1.29 is 234 Å². The van der Waals surface area contributed by atoms with E-state index in [4.69, 9.17) is 14.2 Å². The van der Waals surface area contributed by atoms with E-state index in [9.17, 15) is 170 Å². The Morgan fingerprint density at radius 3 is 0.558 bits per heavy atom. The molecule has 4 aromatic carbocycles. The maximum Gasteiger partial charge on any atom is 0.397 e. The van der Waals surface area contributed by atoms with Gasteiger partial charge in [-0.2, -0.15) is 101 Å². The maximum absolute atomic E-state index is 14.3. The number of thioether (sulfide) groups is 3. The number of hydrogen-bond donors (Lipinski definition) is 15. The predicted molar refractivity (Wildman–Crippen MR) is 443 cm³/mol. The van der Waals surface area contributed by atoms with Crippen molar-refractivity contribution in [2.24, 2.45) is 0 Å². The third-order valence-corrected chi connectivity index (χ3v) is 22.8. The largest absolute Gasteiger partial charge is 0.397 e. The molecule has 0 saturated carbocycles. The molecule has 3 aliphatic heterocycles. The van der Waals surface area contributed by atoms with Crippen molar-refractivity contribution in [2.75, 3.05) is 35.8 Å². The Bertz CT molecular complexity index is 5280. The Balaban J connectivity index is -0.00000315. The van der Waals surface area contributed by atoms with Gasteiger partial charge in [0.1, 0.15) is 89.6 Å². The topological polar surface area (TPSA) is 878 Å². The summed E-state index contributed by atoms with van der Waals surface area (Å²) in [6, 6.07) is 14.5. The van der Waals surface area contributed by atoms with Gasteiger partial charge in [0.05, 0.1) is 19.8 Å². The van der Waals surface area contributed by atoms with E-state index >= 15 is 0 Å². The van der Waals surface area contributed by atoms with Gasteiger partial charge in [-0.25, -0.2) is 50.2 Å². The molecule has 129 heavy (non-hydrogen) atoms. The second kappa shape index (κ2) is 61.0. The summed E-state index contributed by atoms with van der Waals surface area (Å²) in [7, 11) is -69.7. The van der Waals surface area contributed by atoms with Crippen LogP contribution >= 0.6 is 35.3 Å². The van der Waals surface area contributed by atoms with Crippen LogP contribution < -0.4 is 16.0 Å². The number of hydrogen-bond acceptors (Lipinski definition) is 45. The zero-order valence-corrected chi connectivity index (χ0v) is 104. The van der Waals surface area contributed by atoms with Crippen LogP contribution in [0.3, 0.4) is 0 Å². The number of ether oxygens (including phenoxy) is 3. The van der Waals surface area contributed by atoms with E-state index in [0.717, 1.165) is 91.0 Å². The Morgan fingerprint density at radius 2 is 0.403 bits per heavy atom. The number of nitrogens with one attached hydrogen (secondary N) is 3. The molecule has 0 aliphatic carbocycles. The van der Waals surface area contributed by atoms with Crippen molar-refractivity contribution >= 4 is 550 Å². The van der Waals surface area contributed by atoms with Crippen LogP contribution in [0.4, 0.5) is 17.1 Å². The minimum absolute atomic E-state index is 0. The molecule has 3 heterocycles. The number of amides is 3. The number of carbonyl (C=O) groups excluding carboxylic acids is 3. The predicted octanol–water partition coefficient (Wildman–Crippen LogP) is -7.52. The molecule has 15 atom stereocenters. The molecule has 3 aliphatic rings. The Morgan fingerprint density at radius 1 is 0.248 bits per heavy atom. The minimum atomic E-state index is -5.94. The average Bonchev–Trinajstić information content (AvgIpc) is 0.775. The van der Waals surface area contributed by atoms with Gasteiger partial charge in [-0.15, -0.1) is 0 Å². The Labute approximate surface area is 1010 Å². The molecular weight excluding hydrogens is 2200 g/mol. The van der Waals surface area contributed by atoms with Crippen molar-refractivity contribution in [3.63, 3.8) is 0 Å². The first-order valence-corrected chi connectivity index (χ1v) is 48.2. The number of carbonyl (C=O) groups is 3. The first kappa shape index (κ1) is 146. The molecule has 0 aromatic heterocycles. The maximum atomic E-state index is 14.3. The summed E-state index contributed by atoms with van der Waals surface area (Å²) in [5, 5.41) is 7.05. The van der Waals surface area contributed by atoms with Crippen molar-refractivity contribution in [1.82, 2.24) is 0 Å². The van der Waals surface area contributed by atoms with E-state index in [0.29, 0.717) is 0 Å². The smallest absolute Gasteiger partial charge is 0.356 e. The summed E-state index contributed by atoms with van der Waals surface area (Å²) in [6.07, 6.45) is -32.8. The van der Waals surface area contributed by atoms with Gasteiger partial charge >= 0.3 is 125 Å². The van der Waals surface area contributed by atoms with E-state index < -0.39 is 269 Å². The summed E-state index contributed by atoms with van der Waals surface area (Å²) >= 11 is 0.593. The normalized spacial score (nSPS) is 22.7. The standard InChI is InChI=1S/C45H51N3O54S15.12Na/c49-40(46-22-1-7-25(8-2-22)103-43-37(100-115(79,80)81)34(97-112(70,71)72)31(94-109(61,62)63)28(91-43)16-88-106(52,53)54)19-13-20(41(50)47-23-3-9-26(10-4-23)104-44-38(101-116(82,83)84)35(98-113(73,74)75)32(95-110(64,65)66)29(92-44)17-89-107(55,56)57)15-21(14-19)42(51)48-24-5-11-27(12-6-24)105-45-39(102-117(85,86)87)36(99-114(76,77)78)33(96-111(67,68)69)30(93-45)18-90-108(58,59)60;;;;;;;;;;;;/h1-15,28-39,43-45H,16-18H2,(H,46,49)(H,47,50)(H,48,51)(H,52,53,54)(H,55,56,57)(H,58,59,60)(H,61,62,63)(H,64,65,66)(H,67,68,69)(H,70,71,72)(H,73,74,75)(H,76,77,78)(H,79,80,81)(H,82,83,84)(H,85,86,87);;;;;;;;;;;;/t28-,29-,30-,31-,32-,33-,34+,35+,36+,37-,38-,39-,43+,44+,45+;;;;;;;;;;;;/m1............/s1. The minimum Gasteiger partial charge on any atom is -0.356 e. The van der Waals surface area contributed by atoms with E-state index in [2.05, 4.69) is 66.1 Å². The number of benzene rings is 4. The van der Waals surface area contributed by atoms with Crippen molar-refractivity contribution in [1.29, 1.82) is 0 Å². The van der Waals surface area contributed by atoms with Gasteiger partial charge < -0.3 is 30.2 Å². The molecular formula is C45H51N3Na12O54S15. The second-order valence-electron chi connectivity index (χ2n) is 22.3. The third kappa shape index (κ3) is 55.0. The zero-order valence-electron chi connectivity index (χ0n) is 67.6. The van der Waals surface area contributed by atoms with Gasteiger partial charge in [0, 0.05) is 403 Å². The fraction of sp³-hybridized carbons (Fsp3) is 0.400. The van der Waals surface area contributed by atoms with Crippen LogP contribution in [0, 0.1) is 0 Å². The zero-order chi connectivity index (χ0) is 88.2. The van der Waals surface area contributed by atoms with Gasteiger partial charge in [-0.05, 0) is 91.0 Å². The molecule has 3 amide bonds. The van der Waals surface area contributed by atoms with E-state index in [1.807, 2.05) is 0 Å². The average molecular weight is 2250 g/mol. The summed E-state index contributed by atoms with van der Waals surface area (Å²) in [6.45, 7) is -4.83. The van der Waals surface area contributed by atoms with Gasteiger partial charge in [0.25, 0.3) is 17.7 Å². The van der Waals surface area contributed by atoms with E-state index in [1.54, 1.807) is 0 Å². The molecule has 4 aromatic rings. The van der Waals surface area contributed by atoms with Gasteiger partial charge in [0.15, 0.2) is 0 Å². The Kier molecular flexibility index (Phi) is 69.1. The molecule has 84 heteroatoms. The number of rotatable bonds is 39. The van der Waals surface area contributed by atoms with Crippen LogP contribution in [0.15, 0.2) is 106 Å². The van der Waals surface area contributed by atoms with Crippen LogP contribution in [-0.4, -0.2) is 637 Å². The van der Waals surface area contributed by atoms with Gasteiger partial charge in [0.2, 0.25) is 0 Å². The molecule has 0 bridgehead atoms. The first-order valence-electron chi connectivity index (χ1n) is 29.2. The molecule has 12 radical (unpaired) electrons. The third-order valence-electron chi connectivity index (χ3n) is 13.8. The van der Waals surface area contributed by atoms with Crippen LogP contribution in [-0.2, 0) is 189 Å². The van der Waals surface area contributed by atoms with Crippen molar-refractivity contribution in [3.8, 4) is 0 Å². The summed E-state index contributed by atoms with van der Waals surface area (Å²) < 4.78 is 468. The molecule has 3 fully saturated rings. The summed E-state index contributed by atoms with van der Waals surface area (Å²) in [4.78, 5) is 42.2. The van der Waals surface area contributed by atoms with Crippen molar-refractivity contribution in [2.45, 2.75) is 104 Å². The molecule has 0 spiro atoms. The van der Waals surface area contributed by atoms with Crippen LogP contribution in [0.2, 0.25) is 0 Å². The second-order valence-corrected chi connectivity index (χ2v) is 38.5. The SMILES string of the molecule is O=C(Nc1ccc(S[C@@H]2O[C@H](COS(=O)(=O)O)[C@@H](OS(=O)(=O)O)[C@H](OS(=O)(=O)O)[C@H]2OS(=O)(=O)O)cc1)c1cc(C(=O)Nc2ccc(S[C@@H]3O[C@H](COS(=O)(=O)O)[C@@H](OS(=O)(=O)O)[C@H](OS(=O)(=O)O)[C@H]3OS(=O)(=O)O)cc2)cc(C(=O)Nc2ccc(S[C@@H]3O[C@H](COS(=O)(=O)O)[C@@H](OS(=O)(=O)O)[C@H](OS(=O)(=O)O)[C@H]3OS(=O)(=O)O)cc2)c1.[Na].[Na].[Na].[Na].[Na].[Na].[Na].[Na].[Na].[Na].[Na].[Na]. The number of anilines is 3. The van der Waals surface area contributed by atoms with E-state index in [-0.39, 0.29) is 422 Å². The molecule has 57 nitrogen and oxygen atoms in total. The van der Waals surface area contributed by atoms with Gasteiger partial charge in [-0.3, -0.25) is 69.0 Å². The van der Waals surface area contributed by atoms with Gasteiger partial charge in [-0.1, -0.05) is 35.3 Å². The molecule has 672 valence electrons. The first-order chi connectivity index (χ1) is 53.1. The van der Waals surface area contributed by atoms with Crippen molar-refractivity contribution in [3.05, 3.63) is 108 Å². The van der Waals surface area contributed by atoms with E-state index in [1.165, 1.54) is 0 Å². The fourth-order valence-corrected chi connectivity index (χ4v) is 18.9. The fourth-order valence-electron chi connectivity index (χ4n) is 9.91. The molecule has 3 saturated heterocycles. The summed E-state index contributed by atoms with van der Waals surface area (Å²) in [5.74, 6) is -3.76. The monoisotopic (exact) mass is 2250 g/mol. The molecule has 7 rings (SSSR count). The molecule has 0 unspecified atom stereocenters. The molecule has 15 N–H and O–H groups in total. The quantitative estimate of drug-likeness (QED) is 0.0146. The van der Waals surface area contributed by atoms with Crippen LogP contribution in [0.25, 0.3) is 0 Å².